The van der Waals surface area contributed by atoms with Crippen molar-refractivity contribution >= 4 is 5.91 Å². The lowest BCUT2D eigenvalue weighted by Gasteiger charge is -2.36. The van der Waals surface area contributed by atoms with Gasteiger partial charge in [-0.25, -0.2) is 8.78 Å². The molecule has 0 radical (unpaired) electrons. The van der Waals surface area contributed by atoms with Gasteiger partial charge in [-0.1, -0.05) is 24.3 Å². The minimum atomic E-state index is -0.501. The maximum Gasteiger partial charge on any atom is 0.289 e. The summed E-state index contributed by atoms with van der Waals surface area (Å²) in [4.78, 5) is 16.4. The van der Waals surface area contributed by atoms with Crippen molar-refractivity contribution in [3.8, 4) is 17.4 Å². The molecule has 1 saturated heterocycles. The molecule has 1 aliphatic rings. The quantitative estimate of drug-likeness (QED) is 0.649. The highest BCUT2D eigenvalue weighted by atomic mass is 19.1. The normalized spacial score (nSPS) is 15.6. The summed E-state index contributed by atoms with van der Waals surface area (Å²) in [6, 6.07) is 17.0. The lowest BCUT2D eigenvalue weighted by Crippen LogP contribution is -2.49. The van der Waals surface area contributed by atoms with Crippen LogP contribution in [0.1, 0.15) is 22.2 Å². The van der Waals surface area contributed by atoms with Gasteiger partial charge in [0, 0.05) is 26.2 Å². The van der Waals surface area contributed by atoms with Crippen LogP contribution in [0.15, 0.2) is 65.1 Å². The van der Waals surface area contributed by atoms with Gasteiger partial charge in [0.2, 0.25) is 0 Å². The summed E-state index contributed by atoms with van der Waals surface area (Å²) < 4.78 is 32.7. The number of carbonyl (C=O) groups is 1. The molecule has 3 aromatic rings. The first-order chi connectivity index (χ1) is 14.6. The van der Waals surface area contributed by atoms with E-state index >= 15 is 0 Å². The van der Waals surface area contributed by atoms with Crippen molar-refractivity contribution in [3.05, 3.63) is 83.6 Å². The summed E-state index contributed by atoms with van der Waals surface area (Å²) in [5.74, 6) is -0.581. The van der Waals surface area contributed by atoms with E-state index in [0.717, 1.165) is 5.56 Å². The molecule has 152 valence electrons. The molecule has 1 aromatic heterocycles. The molecule has 2 aromatic carbocycles. The zero-order valence-corrected chi connectivity index (χ0v) is 16.1. The number of amides is 1. The first-order valence-electron chi connectivity index (χ1n) is 9.60. The maximum atomic E-state index is 13.9. The summed E-state index contributed by atoms with van der Waals surface area (Å²) in [7, 11) is 0. The van der Waals surface area contributed by atoms with Crippen LogP contribution in [0.25, 0.3) is 11.3 Å². The number of nitrogens with zero attached hydrogens (tertiary/aromatic N) is 3. The number of furan rings is 1. The van der Waals surface area contributed by atoms with Crippen LogP contribution in [0.5, 0.6) is 0 Å². The van der Waals surface area contributed by atoms with Crippen LogP contribution in [0.2, 0.25) is 0 Å². The third-order valence-corrected chi connectivity index (χ3v) is 5.23. The fourth-order valence-corrected chi connectivity index (χ4v) is 3.61. The average Bonchev–Trinajstić information content (AvgIpc) is 3.26. The maximum absolute atomic E-state index is 13.9. The van der Waals surface area contributed by atoms with E-state index in [1.165, 1.54) is 18.2 Å². The van der Waals surface area contributed by atoms with Crippen molar-refractivity contribution in [2.75, 3.05) is 26.2 Å². The molecule has 0 bridgehead atoms. The fourth-order valence-electron chi connectivity index (χ4n) is 3.61. The number of carbonyl (C=O) groups excluding carboxylic acids is 1. The molecule has 30 heavy (non-hydrogen) atoms. The van der Waals surface area contributed by atoms with Gasteiger partial charge < -0.3 is 9.32 Å². The summed E-state index contributed by atoms with van der Waals surface area (Å²) in [6.07, 6.45) is 0. The van der Waals surface area contributed by atoms with Gasteiger partial charge in [-0.15, -0.1) is 0 Å². The standard InChI is InChI=1S/C23H19F2N3O2/c24-17-7-5-16(6-8-17)20(15-26)27-11-13-28(14-12-27)23(29)22-10-9-21(30-22)18-3-1-2-4-19(18)25/h1-10,20H,11-14H2/t20-/m1/s1. The zero-order valence-electron chi connectivity index (χ0n) is 16.1. The Kier molecular flexibility index (Phi) is 5.59. The van der Waals surface area contributed by atoms with Crippen molar-refractivity contribution < 1.29 is 18.0 Å². The molecule has 5 nitrogen and oxygen atoms in total. The Morgan fingerprint density at radius 2 is 1.67 bits per heavy atom. The van der Waals surface area contributed by atoms with Crippen LogP contribution in [0.3, 0.4) is 0 Å². The lowest BCUT2D eigenvalue weighted by molar-refractivity contribution is 0.0577. The number of rotatable bonds is 4. The van der Waals surface area contributed by atoms with Gasteiger partial charge in [0.1, 0.15) is 23.4 Å². The molecular weight excluding hydrogens is 388 g/mol. The van der Waals surface area contributed by atoms with Crippen LogP contribution in [-0.2, 0) is 0 Å². The van der Waals surface area contributed by atoms with Crippen LogP contribution in [0, 0.1) is 23.0 Å². The highest BCUT2D eigenvalue weighted by molar-refractivity contribution is 5.92. The van der Waals surface area contributed by atoms with E-state index in [-0.39, 0.29) is 17.5 Å². The number of piperazine rings is 1. The van der Waals surface area contributed by atoms with E-state index in [1.54, 1.807) is 47.4 Å². The van der Waals surface area contributed by atoms with Crippen LogP contribution >= 0.6 is 0 Å². The molecule has 7 heteroatoms. The third kappa shape index (κ3) is 3.95. The first kappa shape index (κ1) is 19.8. The second-order valence-corrected chi connectivity index (χ2v) is 7.06. The van der Waals surface area contributed by atoms with Gasteiger partial charge in [-0.3, -0.25) is 9.69 Å². The number of hydrogen-bond donors (Lipinski definition) is 0. The molecule has 0 spiro atoms. The van der Waals surface area contributed by atoms with Crippen LogP contribution < -0.4 is 0 Å². The van der Waals surface area contributed by atoms with Crippen molar-refractivity contribution in [3.63, 3.8) is 0 Å². The highest BCUT2D eigenvalue weighted by Gasteiger charge is 2.29. The minimum absolute atomic E-state index is 0.150. The van der Waals surface area contributed by atoms with E-state index in [2.05, 4.69) is 6.07 Å². The summed E-state index contributed by atoms with van der Waals surface area (Å²) in [5, 5.41) is 9.58. The molecule has 1 atom stereocenters. The average molecular weight is 407 g/mol. The van der Waals surface area contributed by atoms with Crippen molar-refractivity contribution in [1.29, 1.82) is 5.26 Å². The van der Waals surface area contributed by atoms with Crippen molar-refractivity contribution in [2.45, 2.75) is 6.04 Å². The van der Waals surface area contributed by atoms with E-state index in [4.69, 9.17) is 4.42 Å². The summed E-state index contributed by atoms with van der Waals surface area (Å²) >= 11 is 0. The molecular formula is C23H19F2N3O2. The molecule has 1 fully saturated rings. The van der Waals surface area contributed by atoms with E-state index in [1.807, 2.05) is 4.90 Å². The monoisotopic (exact) mass is 407 g/mol. The number of halogens is 2. The van der Waals surface area contributed by atoms with Gasteiger partial charge in [0.05, 0.1) is 11.6 Å². The van der Waals surface area contributed by atoms with Crippen molar-refractivity contribution in [2.24, 2.45) is 0 Å². The van der Waals surface area contributed by atoms with Gasteiger partial charge in [0.15, 0.2) is 5.76 Å². The Labute approximate surface area is 172 Å². The minimum Gasteiger partial charge on any atom is -0.451 e. The Bertz CT molecular complexity index is 1080. The number of hydrogen-bond acceptors (Lipinski definition) is 4. The third-order valence-electron chi connectivity index (χ3n) is 5.23. The molecule has 4 rings (SSSR count). The lowest BCUT2D eigenvalue weighted by atomic mass is 10.1. The molecule has 0 aliphatic carbocycles. The summed E-state index contributed by atoms with van der Waals surface area (Å²) in [5.41, 5.74) is 1.02. The highest BCUT2D eigenvalue weighted by Crippen LogP contribution is 2.26. The second kappa shape index (κ2) is 8.47. The molecule has 0 N–H and O–H groups in total. The molecule has 1 aliphatic heterocycles. The SMILES string of the molecule is N#C[C@H](c1ccc(F)cc1)N1CCN(C(=O)c2ccc(-c3ccccc3F)o2)CC1. The van der Waals surface area contributed by atoms with Gasteiger partial charge in [-0.2, -0.15) is 5.26 Å². The Morgan fingerprint density at radius 1 is 0.967 bits per heavy atom. The Hall–Kier alpha value is -3.50. The fraction of sp³-hybridized carbons (Fsp3) is 0.217. The van der Waals surface area contributed by atoms with E-state index < -0.39 is 11.9 Å². The van der Waals surface area contributed by atoms with Crippen LogP contribution in [-0.4, -0.2) is 41.9 Å². The van der Waals surface area contributed by atoms with Crippen molar-refractivity contribution in [1.82, 2.24) is 9.80 Å². The first-order valence-corrected chi connectivity index (χ1v) is 9.60. The van der Waals surface area contributed by atoms with Gasteiger partial charge >= 0.3 is 0 Å². The molecule has 1 amide bonds. The van der Waals surface area contributed by atoms with E-state index in [9.17, 15) is 18.8 Å². The molecule has 2 heterocycles. The van der Waals surface area contributed by atoms with Gasteiger partial charge in [0.25, 0.3) is 5.91 Å². The van der Waals surface area contributed by atoms with E-state index in [0.29, 0.717) is 37.5 Å². The zero-order chi connectivity index (χ0) is 21.1. The molecule has 0 unspecified atom stereocenters. The number of benzene rings is 2. The van der Waals surface area contributed by atoms with Crippen LogP contribution in [0.4, 0.5) is 8.78 Å². The smallest absolute Gasteiger partial charge is 0.289 e. The summed E-state index contributed by atoms with van der Waals surface area (Å²) in [6.45, 7) is 1.85. The predicted molar refractivity (Wildman–Crippen MR) is 106 cm³/mol. The Balaban J connectivity index is 1.42. The second-order valence-electron chi connectivity index (χ2n) is 7.06. The largest absolute Gasteiger partial charge is 0.451 e. The van der Waals surface area contributed by atoms with Gasteiger partial charge in [-0.05, 0) is 42.0 Å². The Morgan fingerprint density at radius 3 is 2.33 bits per heavy atom. The molecule has 0 saturated carbocycles. The number of nitriles is 1. The predicted octanol–water partition coefficient (Wildman–Crippen LogP) is 4.25. The topological polar surface area (TPSA) is 60.5 Å².